The van der Waals surface area contributed by atoms with Crippen LogP contribution in [0, 0.1) is 0 Å². The van der Waals surface area contributed by atoms with E-state index in [0.29, 0.717) is 17.1 Å². The van der Waals surface area contributed by atoms with E-state index in [-0.39, 0.29) is 12.2 Å². The first-order chi connectivity index (χ1) is 10.7. The maximum Gasteiger partial charge on any atom is 0.271 e. The summed E-state index contributed by atoms with van der Waals surface area (Å²) in [5.41, 5.74) is 0.716. The number of hydrogen-bond acceptors (Lipinski definition) is 6. The number of aliphatic hydroxyl groups is 1. The van der Waals surface area contributed by atoms with E-state index in [1.165, 1.54) is 32.8 Å². The van der Waals surface area contributed by atoms with Gasteiger partial charge in [0.2, 0.25) is 0 Å². The van der Waals surface area contributed by atoms with Gasteiger partial charge in [-0.05, 0) is 18.2 Å². The number of nitrogens with one attached hydrogen (secondary N) is 1. The Kier molecular flexibility index (Phi) is 5.26. The first kappa shape index (κ1) is 15.7. The molecule has 0 aliphatic rings. The molecular formula is C15H17N3O4. The molecule has 7 nitrogen and oxygen atoms in total. The van der Waals surface area contributed by atoms with Gasteiger partial charge in [0, 0.05) is 24.5 Å². The second-order valence-electron chi connectivity index (χ2n) is 4.42. The number of ether oxygens (including phenoxy) is 2. The molecule has 1 aromatic heterocycles. The van der Waals surface area contributed by atoms with Crippen molar-refractivity contribution in [3.05, 3.63) is 48.0 Å². The lowest BCUT2D eigenvalue weighted by Gasteiger charge is -2.16. The highest BCUT2D eigenvalue weighted by atomic mass is 16.5. The van der Waals surface area contributed by atoms with Gasteiger partial charge in [-0.15, -0.1) is 0 Å². The van der Waals surface area contributed by atoms with Crippen molar-refractivity contribution in [1.82, 2.24) is 15.3 Å². The maximum atomic E-state index is 11.9. The molecule has 2 rings (SSSR count). The fourth-order valence-electron chi connectivity index (χ4n) is 1.91. The molecule has 2 N–H and O–H groups in total. The number of nitrogens with zero attached hydrogens (tertiary/aromatic N) is 2. The minimum Gasteiger partial charge on any atom is -0.497 e. The summed E-state index contributed by atoms with van der Waals surface area (Å²) in [6.07, 6.45) is 3.32. The number of benzene rings is 1. The van der Waals surface area contributed by atoms with Crippen molar-refractivity contribution in [3.8, 4) is 11.5 Å². The SMILES string of the molecule is COc1ccc(OC)c([C@H](O)CNC(=O)c2cnccn2)c1. The zero-order valence-corrected chi connectivity index (χ0v) is 12.3. The molecule has 1 aromatic carbocycles. The van der Waals surface area contributed by atoms with E-state index in [1.54, 1.807) is 18.2 Å². The minimum atomic E-state index is -0.939. The summed E-state index contributed by atoms with van der Waals surface area (Å²) in [6, 6.07) is 5.09. The molecule has 0 aliphatic heterocycles. The summed E-state index contributed by atoms with van der Waals surface area (Å²) in [6.45, 7) is 0.0128. The van der Waals surface area contributed by atoms with Gasteiger partial charge in [-0.3, -0.25) is 9.78 Å². The van der Waals surface area contributed by atoms with Crippen LogP contribution >= 0.6 is 0 Å². The summed E-state index contributed by atoms with van der Waals surface area (Å²) < 4.78 is 10.3. The van der Waals surface area contributed by atoms with Crippen molar-refractivity contribution in [2.75, 3.05) is 20.8 Å². The van der Waals surface area contributed by atoms with E-state index in [9.17, 15) is 9.90 Å². The number of rotatable bonds is 6. The maximum absolute atomic E-state index is 11.9. The third-order valence-electron chi connectivity index (χ3n) is 3.05. The van der Waals surface area contributed by atoms with Crippen LogP contribution in [0.1, 0.15) is 22.2 Å². The minimum absolute atomic E-state index is 0.0128. The molecule has 0 fully saturated rings. The van der Waals surface area contributed by atoms with Gasteiger partial charge in [0.1, 0.15) is 23.3 Å². The van der Waals surface area contributed by atoms with E-state index in [4.69, 9.17) is 9.47 Å². The van der Waals surface area contributed by atoms with Crippen LogP contribution in [-0.2, 0) is 0 Å². The summed E-state index contributed by atoms with van der Waals surface area (Å²) in [7, 11) is 3.05. The van der Waals surface area contributed by atoms with Gasteiger partial charge in [0.25, 0.3) is 5.91 Å². The van der Waals surface area contributed by atoms with Gasteiger partial charge in [-0.25, -0.2) is 4.98 Å². The molecule has 1 atom stereocenters. The Labute approximate surface area is 127 Å². The number of carbonyl (C=O) groups excluding carboxylic acids is 1. The summed E-state index contributed by atoms with van der Waals surface area (Å²) >= 11 is 0. The van der Waals surface area contributed by atoms with Crippen LogP contribution in [0.5, 0.6) is 11.5 Å². The number of aromatic nitrogens is 2. The number of carbonyl (C=O) groups is 1. The number of methoxy groups -OCH3 is 2. The smallest absolute Gasteiger partial charge is 0.271 e. The van der Waals surface area contributed by atoms with Crippen LogP contribution in [0.4, 0.5) is 0 Å². The van der Waals surface area contributed by atoms with Crippen LogP contribution in [-0.4, -0.2) is 41.7 Å². The average molecular weight is 303 g/mol. The van der Waals surface area contributed by atoms with Gasteiger partial charge in [0.05, 0.1) is 20.4 Å². The molecule has 0 saturated heterocycles. The highest BCUT2D eigenvalue weighted by molar-refractivity contribution is 5.91. The third-order valence-corrected chi connectivity index (χ3v) is 3.05. The highest BCUT2D eigenvalue weighted by Crippen LogP contribution is 2.29. The molecule has 0 saturated carbocycles. The fourth-order valence-corrected chi connectivity index (χ4v) is 1.91. The van der Waals surface area contributed by atoms with Crippen molar-refractivity contribution in [2.24, 2.45) is 0 Å². The number of aliphatic hydroxyl groups excluding tert-OH is 1. The van der Waals surface area contributed by atoms with E-state index < -0.39 is 12.0 Å². The number of hydrogen-bond donors (Lipinski definition) is 2. The lowest BCUT2D eigenvalue weighted by atomic mass is 10.1. The van der Waals surface area contributed by atoms with Crippen molar-refractivity contribution in [1.29, 1.82) is 0 Å². The topological polar surface area (TPSA) is 93.6 Å². The van der Waals surface area contributed by atoms with Gasteiger partial charge >= 0.3 is 0 Å². The summed E-state index contributed by atoms with van der Waals surface area (Å²) in [4.78, 5) is 19.6. The number of amides is 1. The van der Waals surface area contributed by atoms with Crippen LogP contribution in [0.25, 0.3) is 0 Å². The average Bonchev–Trinajstić information content (AvgIpc) is 2.59. The van der Waals surface area contributed by atoms with Crippen molar-refractivity contribution >= 4 is 5.91 Å². The second kappa shape index (κ2) is 7.37. The monoisotopic (exact) mass is 303 g/mol. The van der Waals surface area contributed by atoms with Gasteiger partial charge in [0.15, 0.2) is 0 Å². The normalized spacial score (nSPS) is 11.6. The lowest BCUT2D eigenvalue weighted by Crippen LogP contribution is -2.29. The van der Waals surface area contributed by atoms with Gasteiger partial charge in [-0.1, -0.05) is 0 Å². The molecule has 7 heteroatoms. The summed E-state index contributed by atoms with van der Waals surface area (Å²) in [5, 5.41) is 12.9. The Bertz CT molecular complexity index is 634. The van der Waals surface area contributed by atoms with E-state index in [1.807, 2.05) is 0 Å². The predicted molar refractivity (Wildman–Crippen MR) is 78.9 cm³/mol. The van der Waals surface area contributed by atoms with E-state index >= 15 is 0 Å². The lowest BCUT2D eigenvalue weighted by molar-refractivity contribution is 0.0909. The predicted octanol–water partition coefficient (Wildman–Crippen LogP) is 0.957. The van der Waals surface area contributed by atoms with Crippen molar-refractivity contribution < 1.29 is 19.4 Å². The largest absolute Gasteiger partial charge is 0.497 e. The molecule has 1 amide bonds. The first-order valence-electron chi connectivity index (χ1n) is 6.60. The van der Waals surface area contributed by atoms with Gasteiger partial charge in [-0.2, -0.15) is 0 Å². The zero-order chi connectivity index (χ0) is 15.9. The molecule has 116 valence electrons. The van der Waals surface area contributed by atoms with E-state index in [2.05, 4.69) is 15.3 Å². The Morgan fingerprint density at radius 2 is 2.14 bits per heavy atom. The standard InChI is InChI=1S/C15H17N3O4/c1-21-10-3-4-14(22-2)11(7-10)13(19)9-18-15(20)12-8-16-5-6-17-12/h3-8,13,19H,9H2,1-2H3,(H,18,20)/t13-/m1/s1. The Morgan fingerprint density at radius 3 is 2.77 bits per heavy atom. The van der Waals surface area contributed by atoms with Crippen LogP contribution in [0.15, 0.2) is 36.8 Å². The Hall–Kier alpha value is -2.67. The molecule has 0 bridgehead atoms. The molecule has 0 unspecified atom stereocenters. The van der Waals surface area contributed by atoms with Crippen LogP contribution in [0.2, 0.25) is 0 Å². The molecule has 0 aliphatic carbocycles. The molecule has 22 heavy (non-hydrogen) atoms. The second-order valence-corrected chi connectivity index (χ2v) is 4.42. The molecule has 0 spiro atoms. The molecule has 2 aromatic rings. The quantitative estimate of drug-likeness (QED) is 0.825. The third kappa shape index (κ3) is 3.70. The van der Waals surface area contributed by atoms with Crippen molar-refractivity contribution in [3.63, 3.8) is 0 Å². The molecule has 1 heterocycles. The molecule has 0 radical (unpaired) electrons. The van der Waals surface area contributed by atoms with Crippen LogP contribution < -0.4 is 14.8 Å². The van der Waals surface area contributed by atoms with Crippen molar-refractivity contribution in [2.45, 2.75) is 6.10 Å². The zero-order valence-electron chi connectivity index (χ0n) is 12.3. The Morgan fingerprint density at radius 1 is 1.32 bits per heavy atom. The van der Waals surface area contributed by atoms with Gasteiger partial charge < -0.3 is 19.9 Å². The molecular weight excluding hydrogens is 286 g/mol. The summed E-state index contributed by atoms with van der Waals surface area (Å²) in [5.74, 6) is 0.700. The van der Waals surface area contributed by atoms with Crippen LogP contribution in [0.3, 0.4) is 0 Å². The first-order valence-corrected chi connectivity index (χ1v) is 6.60. The fraction of sp³-hybridized carbons (Fsp3) is 0.267. The van der Waals surface area contributed by atoms with E-state index in [0.717, 1.165) is 0 Å². The highest BCUT2D eigenvalue weighted by Gasteiger charge is 2.16. The Balaban J connectivity index is 2.06.